The molecule has 8 nitrogen and oxygen atoms in total. The van der Waals surface area contributed by atoms with Gasteiger partial charge in [0, 0.05) is 16.7 Å². The Morgan fingerprint density at radius 1 is 1.70 bits per heavy atom. The predicted molar refractivity (Wildman–Crippen MR) is 69.3 cm³/mol. The average molecular weight is 285 g/mol. The number of hydrogen-bond donors (Lipinski definition) is 2. The minimum atomic E-state index is -0.994. The fourth-order valence-corrected chi connectivity index (χ4v) is 2.18. The Bertz CT molecular complexity index is 433. The molecule has 0 aromatic rings. The molecule has 0 aromatic carbocycles. The first-order chi connectivity index (χ1) is 9.46. The Hall–Kier alpha value is -1.76. The van der Waals surface area contributed by atoms with Crippen molar-refractivity contribution in [2.45, 2.75) is 32.1 Å². The number of methoxy groups -OCH3 is 1. The van der Waals surface area contributed by atoms with Gasteiger partial charge in [-0.1, -0.05) is 19.0 Å². The zero-order valence-corrected chi connectivity index (χ0v) is 11.6. The third kappa shape index (κ3) is 3.41. The lowest BCUT2D eigenvalue weighted by Gasteiger charge is -2.37. The van der Waals surface area contributed by atoms with Crippen LogP contribution in [0.2, 0.25) is 0 Å². The molecule has 0 saturated carbocycles. The van der Waals surface area contributed by atoms with Crippen molar-refractivity contribution in [2.75, 3.05) is 13.7 Å². The van der Waals surface area contributed by atoms with Crippen LogP contribution in [0.25, 0.3) is 10.4 Å². The second kappa shape index (κ2) is 7.14. The maximum Gasteiger partial charge on any atom is 0.372 e. The normalized spacial score (nSPS) is 28.4. The Kier molecular flexibility index (Phi) is 5.82. The summed E-state index contributed by atoms with van der Waals surface area (Å²) in [4.78, 5) is 14.3. The number of carbonyl (C=O) groups is 1. The molecule has 8 heteroatoms. The summed E-state index contributed by atoms with van der Waals surface area (Å²) < 4.78 is 10.1. The lowest BCUT2D eigenvalue weighted by atomic mass is 9.83. The number of rotatable bonds is 5. The van der Waals surface area contributed by atoms with Gasteiger partial charge in [-0.3, -0.25) is 0 Å². The lowest BCUT2D eigenvalue weighted by Crippen LogP contribution is -2.44. The largest absolute Gasteiger partial charge is 0.483 e. The molecule has 2 N–H and O–H groups in total. The van der Waals surface area contributed by atoms with Gasteiger partial charge < -0.3 is 19.7 Å². The first kappa shape index (κ1) is 16.3. The van der Waals surface area contributed by atoms with Gasteiger partial charge in [-0.05, 0) is 11.6 Å². The molecule has 1 rings (SSSR count). The monoisotopic (exact) mass is 285 g/mol. The van der Waals surface area contributed by atoms with Crippen LogP contribution in [-0.2, 0) is 14.3 Å². The van der Waals surface area contributed by atoms with Crippen LogP contribution < -0.4 is 0 Å². The zero-order valence-electron chi connectivity index (χ0n) is 11.6. The van der Waals surface area contributed by atoms with Gasteiger partial charge >= 0.3 is 5.97 Å². The summed E-state index contributed by atoms with van der Waals surface area (Å²) in [7, 11) is 1.22. The van der Waals surface area contributed by atoms with E-state index in [1.54, 1.807) is 13.8 Å². The number of aliphatic hydroxyl groups excluding tert-OH is 2. The molecule has 0 aliphatic carbocycles. The molecule has 0 spiro atoms. The molecular formula is C12H19N3O5. The van der Waals surface area contributed by atoms with E-state index < -0.39 is 36.7 Å². The zero-order chi connectivity index (χ0) is 15.3. The van der Waals surface area contributed by atoms with Crippen molar-refractivity contribution in [3.8, 4) is 0 Å². The van der Waals surface area contributed by atoms with Gasteiger partial charge in [-0.15, -0.1) is 0 Å². The van der Waals surface area contributed by atoms with Crippen LogP contribution in [0.5, 0.6) is 0 Å². The number of ether oxygens (including phenoxy) is 2. The van der Waals surface area contributed by atoms with Crippen LogP contribution in [0, 0.1) is 11.8 Å². The number of carbonyl (C=O) groups excluding carboxylic acids is 1. The van der Waals surface area contributed by atoms with E-state index in [2.05, 4.69) is 14.8 Å². The molecular weight excluding hydrogens is 266 g/mol. The maximum absolute atomic E-state index is 11.6. The summed E-state index contributed by atoms with van der Waals surface area (Å²) in [6, 6.07) is -0.582. The molecule has 0 bridgehead atoms. The number of nitrogens with zero attached hydrogens (tertiary/aromatic N) is 3. The van der Waals surface area contributed by atoms with Crippen molar-refractivity contribution >= 4 is 5.97 Å². The highest BCUT2D eigenvalue weighted by atomic mass is 16.6. The molecule has 0 amide bonds. The van der Waals surface area contributed by atoms with Crippen LogP contribution in [0.3, 0.4) is 0 Å². The summed E-state index contributed by atoms with van der Waals surface area (Å²) in [6.45, 7) is 3.06. The van der Waals surface area contributed by atoms with Gasteiger partial charge in [-0.25, -0.2) is 4.79 Å². The molecule has 1 heterocycles. The van der Waals surface area contributed by atoms with Crippen molar-refractivity contribution < 1.29 is 24.5 Å². The molecule has 112 valence electrons. The van der Waals surface area contributed by atoms with Crippen molar-refractivity contribution in [2.24, 2.45) is 17.0 Å². The first-order valence-corrected chi connectivity index (χ1v) is 6.26. The topological polar surface area (TPSA) is 125 Å². The predicted octanol–water partition coefficient (Wildman–Crippen LogP) is 0.746. The lowest BCUT2D eigenvalue weighted by molar-refractivity contribution is -0.145. The minimum absolute atomic E-state index is 0.0509. The molecule has 0 saturated heterocycles. The highest BCUT2D eigenvalue weighted by Gasteiger charge is 2.39. The Morgan fingerprint density at radius 2 is 2.35 bits per heavy atom. The molecule has 5 unspecified atom stereocenters. The van der Waals surface area contributed by atoms with E-state index in [4.69, 9.17) is 15.4 Å². The molecule has 0 fully saturated rings. The Balaban J connectivity index is 3.06. The fourth-order valence-electron chi connectivity index (χ4n) is 2.18. The second-order valence-electron chi connectivity index (χ2n) is 4.77. The van der Waals surface area contributed by atoms with E-state index in [1.165, 1.54) is 13.2 Å². The van der Waals surface area contributed by atoms with E-state index >= 15 is 0 Å². The molecule has 0 aromatic heterocycles. The van der Waals surface area contributed by atoms with Gasteiger partial charge in [0.2, 0.25) is 5.76 Å². The third-order valence-corrected chi connectivity index (χ3v) is 3.53. The van der Waals surface area contributed by atoms with Gasteiger partial charge in [-0.2, -0.15) is 0 Å². The van der Waals surface area contributed by atoms with Gasteiger partial charge in [0.1, 0.15) is 6.10 Å². The van der Waals surface area contributed by atoms with Gasteiger partial charge in [0.05, 0.1) is 25.9 Å². The van der Waals surface area contributed by atoms with E-state index in [1.807, 2.05) is 0 Å². The molecule has 0 radical (unpaired) electrons. The Morgan fingerprint density at radius 3 is 2.85 bits per heavy atom. The number of esters is 1. The van der Waals surface area contributed by atoms with E-state index in [0.717, 1.165) is 0 Å². The second-order valence-corrected chi connectivity index (χ2v) is 4.77. The molecule has 1 aliphatic rings. The highest BCUT2D eigenvalue weighted by molar-refractivity contribution is 5.86. The molecule has 20 heavy (non-hydrogen) atoms. The smallest absolute Gasteiger partial charge is 0.372 e. The highest BCUT2D eigenvalue weighted by Crippen LogP contribution is 2.32. The van der Waals surface area contributed by atoms with Crippen molar-refractivity contribution in [1.29, 1.82) is 0 Å². The minimum Gasteiger partial charge on any atom is -0.483 e. The van der Waals surface area contributed by atoms with Crippen molar-refractivity contribution in [3.05, 3.63) is 22.3 Å². The van der Waals surface area contributed by atoms with Crippen LogP contribution in [0.4, 0.5) is 0 Å². The number of hydrogen-bond acceptors (Lipinski definition) is 6. The SMILES string of the molecule is COC(=O)C1=CC(N=[N+]=[N-])C(C)C(C(C)C(O)CO)O1. The Labute approximate surface area is 116 Å². The number of aliphatic hydroxyl groups is 2. The van der Waals surface area contributed by atoms with E-state index in [0.29, 0.717) is 0 Å². The summed E-state index contributed by atoms with van der Waals surface area (Å²) in [5, 5.41) is 22.4. The molecule has 5 atom stereocenters. The summed E-state index contributed by atoms with van der Waals surface area (Å²) in [5.41, 5.74) is 8.58. The van der Waals surface area contributed by atoms with Crippen molar-refractivity contribution in [1.82, 2.24) is 0 Å². The summed E-state index contributed by atoms with van der Waals surface area (Å²) in [6.07, 6.45) is -0.164. The quantitative estimate of drug-likeness (QED) is 0.333. The van der Waals surface area contributed by atoms with E-state index in [9.17, 15) is 9.90 Å². The van der Waals surface area contributed by atoms with Crippen LogP contribution in [0.1, 0.15) is 13.8 Å². The third-order valence-electron chi connectivity index (χ3n) is 3.53. The average Bonchev–Trinajstić information content (AvgIpc) is 2.47. The van der Waals surface area contributed by atoms with Crippen LogP contribution in [0.15, 0.2) is 16.9 Å². The van der Waals surface area contributed by atoms with Crippen LogP contribution >= 0.6 is 0 Å². The molecule has 1 aliphatic heterocycles. The maximum atomic E-state index is 11.6. The van der Waals surface area contributed by atoms with Gasteiger partial charge in [0.15, 0.2) is 0 Å². The standard InChI is InChI=1S/C12H19N3O5/c1-6-8(14-15-13)4-10(12(18)19-3)20-11(6)7(2)9(17)5-16/h4,6-9,11,16-17H,5H2,1-3H3. The van der Waals surface area contributed by atoms with Crippen LogP contribution in [-0.4, -0.2) is 48.1 Å². The fraction of sp³-hybridized carbons (Fsp3) is 0.750. The first-order valence-electron chi connectivity index (χ1n) is 6.26. The number of azide groups is 1. The summed E-state index contributed by atoms with van der Waals surface area (Å²) >= 11 is 0. The van der Waals surface area contributed by atoms with Crippen molar-refractivity contribution in [3.63, 3.8) is 0 Å². The summed E-state index contributed by atoms with van der Waals surface area (Å²) in [5.74, 6) is -1.43. The van der Waals surface area contributed by atoms with E-state index in [-0.39, 0.29) is 11.7 Å². The van der Waals surface area contributed by atoms with Gasteiger partial charge in [0.25, 0.3) is 0 Å².